The first-order valence-electron chi connectivity index (χ1n) is 4.94. The molecule has 1 heterocycles. The van der Waals surface area contributed by atoms with Gasteiger partial charge in [0, 0.05) is 22.7 Å². The van der Waals surface area contributed by atoms with E-state index in [1.165, 1.54) is 0 Å². The van der Waals surface area contributed by atoms with Crippen LogP contribution < -0.4 is 5.73 Å². The smallest absolute Gasteiger partial charge is 0.336 e. The summed E-state index contributed by atoms with van der Waals surface area (Å²) < 4.78 is -2.15. The summed E-state index contributed by atoms with van der Waals surface area (Å²) in [5.41, 5.74) is 7.84. The highest BCUT2D eigenvalue weighted by Gasteiger charge is 2.51. The summed E-state index contributed by atoms with van der Waals surface area (Å²) in [5, 5.41) is 10.3. The van der Waals surface area contributed by atoms with Gasteiger partial charge in [-0.3, -0.25) is 0 Å². The van der Waals surface area contributed by atoms with Gasteiger partial charge in [-0.2, -0.15) is 0 Å². The molecule has 0 aliphatic carbocycles. The van der Waals surface area contributed by atoms with E-state index in [4.69, 9.17) is 5.73 Å². The molecule has 4 N–H and O–H groups in total. The highest BCUT2D eigenvalue weighted by atomic mass is 127. The van der Waals surface area contributed by atoms with E-state index in [-0.39, 0.29) is 0 Å². The summed E-state index contributed by atoms with van der Waals surface area (Å²) in [6.07, 6.45) is 1.83. The molecule has 0 amide bonds. The van der Waals surface area contributed by atoms with Crippen molar-refractivity contribution in [3.63, 3.8) is 0 Å². The molecule has 2 aromatic rings. The van der Waals surface area contributed by atoms with Gasteiger partial charge >= 0.3 is 5.97 Å². The molecule has 2 rings (SSSR count). The zero-order chi connectivity index (χ0) is 13.6. The number of benzene rings is 1. The largest absolute Gasteiger partial charge is 0.479 e. The summed E-state index contributed by atoms with van der Waals surface area (Å²) in [6.45, 7) is 0. The number of alkyl halides is 3. The maximum absolute atomic E-state index is 11.3. The molecule has 1 aromatic heterocycles. The second-order valence-electron chi connectivity index (χ2n) is 3.84. The topological polar surface area (TPSA) is 79.1 Å². The Morgan fingerprint density at radius 3 is 2.50 bits per heavy atom. The summed E-state index contributed by atoms with van der Waals surface area (Å²) in [4.78, 5) is 14.5. The zero-order valence-electron chi connectivity index (χ0n) is 8.95. The number of nitrogens with one attached hydrogen (secondary N) is 1. The maximum atomic E-state index is 11.3. The highest BCUT2D eigenvalue weighted by Crippen LogP contribution is 2.52. The second kappa shape index (κ2) is 5.05. The van der Waals surface area contributed by atoms with Crippen LogP contribution in [0, 0.1) is 0 Å². The normalized spacial score (nSPS) is 15.6. The Balaban J connectivity index is 2.64. The van der Waals surface area contributed by atoms with Crippen LogP contribution in [0.4, 0.5) is 0 Å². The molecular weight excluding hydrogens is 573 g/mol. The Kier molecular flexibility index (Phi) is 4.15. The first-order chi connectivity index (χ1) is 8.28. The summed E-state index contributed by atoms with van der Waals surface area (Å²) in [5.74, 6) is -1.03. The molecular formula is C11H9I3N2O2. The number of hydrogen-bond acceptors (Lipinski definition) is 2. The van der Waals surface area contributed by atoms with Gasteiger partial charge in [0.15, 0.2) is 3.55 Å². The summed E-state index contributed by atoms with van der Waals surface area (Å²) in [6, 6.07) is 7.77. The van der Waals surface area contributed by atoms with Gasteiger partial charge in [0.1, 0.15) is 1.43 Å². The van der Waals surface area contributed by atoms with Crippen molar-refractivity contribution < 1.29 is 9.90 Å². The molecule has 0 aliphatic rings. The number of halogens is 3. The Labute approximate surface area is 144 Å². The quantitative estimate of drug-likeness (QED) is 0.296. The van der Waals surface area contributed by atoms with Crippen LogP contribution in [0.5, 0.6) is 0 Å². The number of rotatable bonds is 3. The van der Waals surface area contributed by atoms with Crippen molar-refractivity contribution in [3.05, 3.63) is 36.0 Å². The monoisotopic (exact) mass is 582 g/mol. The van der Waals surface area contributed by atoms with Crippen LogP contribution in [-0.2, 0) is 6.22 Å². The van der Waals surface area contributed by atoms with Gasteiger partial charge in [0.05, 0.1) is 0 Å². The SMILES string of the molecule is N[C@](I)(C(=O)O)C(I)(I)c1c[nH]c2ccccc12. The fourth-order valence-corrected chi connectivity index (χ4v) is 3.31. The molecule has 1 atom stereocenters. The number of hydrogen-bond donors (Lipinski definition) is 3. The predicted molar refractivity (Wildman–Crippen MR) is 96.6 cm³/mol. The molecule has 4 nitrogen and oxygen atoms in total. The first-order valence-corrected chi connectivity index (χ1v) is 8.17. The molecule has 0 saturated heterocycles. The zero-order valence-corrected chi connectivity index (χ0v) is 15.4. The Hall–Kier alpha value is 0.380. The fraction of sp³-hybridized carbons (Fsp3) is 0.182. The second-order valence-corrected chi connectivity index (χ2v) is 10.8. The van der Waals surface area contributed by atoms with Crippen molar-refractivity contribution in [1.82, 2.24) is 4.98 Å². The minimum absolute atomic E-state index is 0.755. The van der Waals surface area contributed by atoms with Gasteiger partial charge in [0.2, 0.25) is 0 Å². The van der Waals surface area contributed by atoms with Crippen molar-refractivity contribution in [2.75, 3.05) is 0 Å². The highest BCUT2D eigenvalue weighted by molar-refractivity contribution is 14.2. The van der Waals surface area contributed by atoms with E-state index in [1.807, 2.05) is 30.5 Å². The van der Waals surface area contributed by atoms with Crippen molar-refractivity contribution in [3.8, 4) is 0 Å². The predicted octanol–water partition coefficient (Wildman–Crippen LogP) is 3.37. The maximum Gasteiger partial charge on any atom is 0.336 e. The van der Waals surface area contributed by atoms with E-state index < -0.39 is 10.9 Å². The van der Waals surface area contributed by atoms with Crippen LogP contribution in [0.2, 0.25) is 0 Å². The average molecular weight is 582 g/mol. The van der Waals surface area contributed by atoms with Crippen LogP contribution in [0.25, 0.3) is 10.9 Å². The van der Waals surface area contributed by atoms with E-state index in [1.54, 1.807) is 22.6 Å². The molecule has 0 aliphatic heterocycles. The molecule has 0 saturated carbocycles. The molecule has 1 aromatic carbocycles. The van der Waals surface area contributed by atoms with Gasteiger partial charge in [-0.1, -0.05) is 63.4 Å². The fourth-order valence-electron chi connectivity index (χ4n) is 1.66. The number of aliphatic carboxylic acids is 1. The molecule has 0 bridgehead atoms. The lowest BCUT2D eigenvalue weighted by Gasteiger charge is -2.32. The lowest BCUT2D eigenvalue weighted by Crippen LogP contribution is -2.52. The van der Waals surface area contributed by atoms with Gasteiger partial charge < -0.3 is 15.8 Å². The van der Waals surface area contributed by atoms with E-state index in [0.29, 0.717) is 0 Å². The van der Waals surface area contributed by atoms with Crippen molar-refractivity contribution >= 4 is 84.6 Å². The number of aromatic nitrogens is 1. The van der Waals surface area contributed by atoms with Crippen molar-refractivity contribution in [2.24, 2.45) is 5.73 Å². The number of aromatic amines is 1. The minimum atomic E-state index is -1.39. The van der Waals surface area contributed by atoms with Crippen LogP contribution in [-0.4, -0.2) is 19.6 Å². The molecule has 0 unspecified atom stereocenters. The molecule has 7 heteroatoms. The lowest BCUT2D eigenvalue weighted by molar-refractivity contribution is -0.139. The number of carboxylic acids is 1. The Morgan fingerprint density at radius 1 is 1.28 bits per heavy atom. The van der Waals surface area contributed by atoms with Gasteiger partial charge in [-0.05, 0) is 28.7 Å². The molecule has 18 heavy (non-hydrogen) atoms. The van der Waals surface area contributed by atoms with Crippen molar-refractivity contribution in [1.29, 1.82) is 0 Å². The number of para-hydroxylation sites is 1. The number of carboxylic acid groups (broad SMARTS) is 1. The Bertz CT molecular complexity index is 607. The summed E-state index contributed by atoms with van der Waals surface area (Å²) >= 11 is 5.99. The standard InChI is InChI=1S/C11H9I3N2O2/c12-10(13,11(14,15)9(17)18)7-5-16-8-4-2-1-3-6(7)8/h1-5,16H,15H2,(H,17,18)/t11-/m1/s1. The molecule has 0 radical (unpaired) electrons. The first kappa shape index (κ1) is 14.8. The Morgan fingerprint density at radius 2 is 1.89 bits per heavy atom. The third-order valence-electron chi connectivity index (χ3n) is 2.70. The van der Waals surface area contributed by atoms with Crippen LogP contribution in [0.15, 0.2) is 30.5 Å². The molecule has 0 spiro atoms. The molecule has 96 valence electrons. The van der Waals surface area contributed by atoms with E-state index >= 15 is 0 Å². The number of fused-ring (bicyclic) bond motifs is 1. The van der Waals surface area contributed by atoms with Crippen LogP contribution in [0.1, 0.15) is 5.56 Å². The van der Waals surface area contributed by atoms with Crippen LogP contribution >= 0.6 is 67.8 Å². The molecule has 0 fully saturated rings. The summed E-state index contributed by atoms with van der Waals surface area (Å²) in [7, 11) is 0. The third kappa shape index (κ3) is 2.26. The minimum Gasteiger partial charge on any atom is -0.479 e. The number of nitrogens with two attached hydrogens (primary N) is 1. The van der Waals surface area contributed by atoms with Gasteiger partial charge in [0.25, 0.3) is 0 Å². The van der Waals surface area contributed by atoms with Crippen molar-refractivity contribution in [2.45, 2.75) is 4.97 Å². The van der Waals surface area contributed by atoms with Gasteiger partial charge in [-0.15, -0.1) is 0 Å². The van der Waals surface area contributed by atoms with Gasteiger partial charge in [-0.25, -0.2) is 4.79 Å². The third-order valence-corrected chi connectivity index (χ3v) is 8.89. The van der Waals surface area contributed by atoms with E-state index in [0.717, 1.165) is 16.5 Å². The van der Waals surface area contributed by atoms with E-state index in [9.17, 15) is 9.90 Å². The van der Waals surface area contributed by atoms with Crippen LogP contribution in [0.3, 0.4) is 0 Å². The van der Waals surface area contributed by atoms with E-state index in [2.05, 4.69) is 50.2 Å². The number of carbonyl (C=O) groups is 1. The average Bonchev–Trinajstić information content (AvgIpc) is 2.72. The number of H-pyrrole nitrogens is 1. The lowest BCUT2D eigenvalue weighted by atomic mass is 10.1.